The minimum atomic E-state index is -1.00. The maximum absolute atomic E-state index is 12.0. The minimum Gasteiger partial charge on any atom is -0.478 e. The van der Waals surface area contributed by atoms with Gasteiger partial charge in [0, 0.05) is 12.7 Å². The molecule has 0 atom stereocenters. The Hall–Kier alpha value is -2.40. The van der Waals surface area contributed by atoms with Crippen LogP contribution in [0.2, 0.25) is 5.02 Å². The molecule has 1 heterocycles. The first-order chi connectivity index (χ1) is 9.97. The number of halogens is 1. The largest absolute Gasteiger partial charge is 0.478 e. The van der Waals surface area contributed by atoms with Gasteiger partial charge in [0.25, 0.3) is 5.91 Å². The standard InChI is InChI=1S/C15H13ClN2O3/c1-9-5-13(17-8-12(9)16)14(19)18-7-10-3-2-4-11(6-10)15(20)21/h2-6,8H,7H2,1H3,(H,18,19)(H,20,21). The summed E-state index contributed by atoms with van der Waals surface area (Å²) in [5.74, 6) is -1.34. The van der Waals surface area contributed by atoms with Crippen LogP contribution in [-0.2, 0) is 6.54 Å². The number of hydrogen-bond acceptors (Lipinski definition) is 3. The number of aromatic nitrogens is 1. The zero-order chi connectivity index (χ0) is 15.4. The topological polar surface area (TPSA) is 79.3 Å². The quantitative estimate of drug-likeness (QED) is 0.910. The van der Waals surface area contributed by atoms with Crippen molar-refractivity contribution in [1.29, 1.82) is 0 Å². The fourth-order valence-corrected chi connectivity index (χ4v) is 1.85. The third-order valence-corrected chi connectivity index (χ3v) is 3.30. The molecule has 108 valence electrons. The SMILES string of the molecule is Cc1cc(C(=O)NCc2cccc(C(=O)O)c2)ncc1Cl. The Labute approximate surface area is 126 Å². The van der Waals surface area contributed by atoms with E-state index in [1.54, 1.807) is 25.1 Å². The van der Waals surface area contributed by atoms with Crippen LogP contribution in [0.3, 0.4) is 0 Å². The summed E-state index contributed by atoms with van der Waals surface area (Å²) >= 11 is 5.86. The molecule has 0 aliphatic heterocycles. The zero-order valence-corrected chi connectivity index (χ0v) is 12.0. The van der Waals surface area contributed by atoms with Gasteiger partial charge in [-0.25, -0.2) is 9.78 Å². The normalized spacial score (nSPS) is 10.2. The van der Waals surface area contributed by atoms with Crippen LogP contribution in [0.4, 0.5) is 0 Å². The minimum absolute atomic E-state index is 0.183. The van der Waals surface area contributed by atoms with Gasteiger partial charge in [0.05, 0.1) is 10.6 Å². The van der Waals surface area contributed by atoms with Crippen LogP contribution in [0, 0.1) is 6.92 Å². The fraction of sp³-hybridized carbons (Fsp3) is 0.133. The Morgan fingerprint density at radius 3 is 2.76 bits per heavy atom. The van der Waals surface area contributed by atoms with Gasteiger partial charge in [-0.1, -0.05) is 23.7 Å². The summed E-state index contributed by atoms with van der Waals surface area (Å²) < 4.78 is 0. The molecule has 0 aliphatic carbocycles. The van der Waals surface area contributed by atoms with E-state index in [4.69, 9.17) is 16.7 Å². The van der Waals surface area contributed by atoms with Gasteiger partial charge in [-0.2, -0.15) is 0 Å². The third kappa shape index (κ3) is 3.79. The molecule has 0 bridgehead atoms. The van der Waals surface area contributed by atoms with Crippen LogP contribution >= 0.6 is 11.6 Å². The van der Waals surface area contributed by atoms with Gasteiger partial charge in [-0.05, 0) is 36.2 Å². The number of pyridine rings is 1. The lowest BCUT2D eigenvalue weighted by Crippen LogP contribution is -2.24. The lowest BCUT2D eigenvalue weighted by molar-refractivity contribution is 0.0696. The molecule has 21 heavy (non-hydrogen) atoms. The first-order valence-electron chi connectivity index (χ1n) is 6.20. The molecule has 0 fully saturated rings. The fourth-order valence-electron chi connectivity index (χ4n) is 1.75. The second kappa shape index (κ2) is 6.37. The Morgan fingerprint density at radius 2 is 2.10 bits per heavy atom. The summed E-state index contributed by atoms with van der Waals surface area (Å²) in [4.78, 5) is 26.8. The number of amides is 1. The number of aromatic carboxylic acids is 1. The molecule has 1 amide bonds. The first-order valence-corrected chi connectivity index (χ1v) is 6.58. The molecule has 1 aromatic carbocycles. The van der Waals surface area contributed by atoms with E-state index in [-0.39, 0.29) is 23.7 Å². The molecule has 5 nitrogen and oxygen atoms in total. The van der Waals surface area contributed by atoms with Crippen molar-refractivity contribution in [2.45, 2.75) is 13.5 Å². The molecule has 2 N–H and O–H groups in total. The smallest absolute Gasteiger partial charge is 0.335 e. The molecule has 0 unspecified atom stereocenters. The van der Waals surface area contributed by atoms with Crippen molar-refractivity contribution in [2.24, 2.45) is 0 Å². The van der Waals surface area contributed by atoms with Crippen LogP contribution in [0.5, 0.6) is 0 Å². The highest BCUT2D eigenvalue weighted by atomic mass is 35.5. The number of rotatable bonds is 4. The second-order valence-electron chi connectivity index (χ2n) is 4.51. The van der Waals surface area contributed by atoms with E-state index < -0.39 is 5.97 Å². The van der Waals surface area contributed by atoms with Crippen molar-refractivity contribution >= 4 is 23.5 Å². The van der Waals surface area contributed by atoms with Crippen molar-refractivity contribution in [1.82, 2.24) is 10.3 Å². The number of carbonyl (C=O) groups is 2. The number of nitrogens with one attached hydrogen (secondary N) is 1. The summed E-state index contributed by atoms with van der Waals surface area (Å²) in [5.41, 5.74) is 1.92. The first kappa shape index (κ1) is 15.0. The molecule has 6 heteroatoms. The third-order valence-electron chi connectivity index (χ3n) is 2.91. The molecule has 0 spiro atoms. The van der Waals surface area contributed by atoms with Gasteiger partial charge in [0.2, 0.25) is 0 Å². The Morgan fingerprint density at radius 1 is 1.33 bits per heavy atom. The molecule has 0 saturated heterocycles. The highest BCUT2D eigenvalue weighted by Gasteiger charge is 2.09. The maximum Gasteiger partial charge on any atom is 0.335 e. The molecule has 2 rings (SSSR count). The Balaban J connectivity index is 2.05. The number of benzene rings is 1. The van der Waals surface area contributed by atoms with Crippen LogP contribution in [0.15, 0.2) is 36.5 Å². The average Bonchev–Trinajstić information content (AvgIpc) is 2.48. The summed E-state index contributed by atoms with van der Waals surface area (Å²) in [6.45, 7) is 2.01. The van der Waals surface area contributed by atoms with Gasteiger partial charge < -0.3 is 10.4 Å². The van der Waals surface area contributed by atoms with Gasteiger partial charge in [0.1, 0.15) is 5.69 Å². The second-order valence-corrected chi connectivity index (χ2v) is 4.91. The number of hydrogen-bond donors (Lipinski definition) is 2. The number of nitrogens with zero attached hydrogens (tertiary/aromatic N) is 1. The van der Waals surface area contributed by atoms with Crippen molar-refractivity contribution < 1.29 is 14.7 Å². The number of carbonyl (C=O) groups excluding carboxylic acids is 1. The van der Waals surface area contributed by atoms with Gasteiger partial charge in [-0.3, -0.25) is 4.79 Å². The summed E-state index contributed by atoms with van der Waals surface area (Å²) in [7, 11) is 0. The van der Waals surface area contributed by atoms with E-state index in [2.05, 4.69) is 10.3 Å². The van der Waals surface area contributed by atoms with E-state index >= 15 is 0 Å². The molecule has 0 aliphatic rings. The van der Waals surface area contributed by atoms with E-state index in [9.17, 15) is 9.59 Å². The van der Waals surface area contributed by atoms with Crippen LogP contribution in [0.1, 0.15) is 32.0 Å². The Kier molecular flexibility index (Phi) is 4.55. The highest BCUT2D eigenvalue weighted by Crippen LogP contribution is 2.14. The van der Waals surface area contributed by atoms with E-state index in [0.717, 1.165) is 5.56 Å². The van der Waals surface area contributed by atoms with Gasteiger partial charge in [-0.15, -0.1) is 0 Å². The molecular weight excluding hydrogens is 292 g/mol. The molecule has 0 saturated carbocycles. The highest BCUT2D eigenvalue weighted by molar-refractivity contribution is 6.31. The summed E-state index contributed by atoms with van der Waals surface area (Å²) in [5, 5.41) is 12.1. The van der Waals surface area contributed by atoms with E-state index in [0.29, 0.717) is 10.6 Å². The van der Waals surface area contributed by atoms with E-state index in [1.165, 1.54) is 18.3 Å². The van der Waals surface area contributed by atoms with Crippen molar-refractivity contribution in [3.63, 3.8) is 0 Å². The lowest BCUT2D eigenvalue weighted by atomic mass is 10.1. The van der Waals surface area contributed by atoms with Crippen LogP contribution < -0.4 is 5.32 Å². The zero-order valence-electron chi connectivity index (χ0n) is 11.3. The Bertz CT molecular complexity index is 701. The van der Waals surface area contributed by atoms with Gasteiger partial charge >= 0.3 is 5.97 Å². The van der Waals surface area contributed by atoms with Gasteiger partial charge in [0.15, 0.2) is 0 Å². The predicted molar refractivity (Wildman–Crippen MR) is 78.6 cm³/mol. The predicted octanol–water partition coefficient (Wildman–Crippen LogP) is 2.67. The molecule has 0 radical (unpaired) electrons. The summed E-state index contributed by atoms with van der Waals surface area (Å²) in [6.07, 6.45) is 1.43. The maximum atomic E-state index is 12.0. The van der Waals surface area contributed by atoms with Crippen LogP contribution in [0.25, 0.3) is 0 Å². The lowest BCUT2D eigenvalue weighted by Gasteiger charge is -2.06. The summed E-state index contributed by atoms with van der Waals surface area (Å²) in [6, 6.07) is 8.00. The van der Waals surface area contributed by atoms with Crippen molar-refractivity contribution in [3.05, 3.63) is 63.9 Å². The van der Waals surface area contributed by atoms with Crippen LogP contribution in [-0.4, -0.2) is 22.0 Å². The number of carboxylic acid groups (broad SMARTS) is 1. The number of carboxylic acids is 1. The van der Waals surface area contributed by atoms with E-state index in [1.807, 2.05) is 0 Å². The molecule has 2 aromatic rings. The molecular formula is C15H13ClN2O3. The van der Waals surface area contributed by atoms with Crippen molar-refractivity contribution in [3.8, 4) is 0 Å². The number of aryl methyl sites for hydroxylation is 1. The van der Waals surface area contributed by atoms with Crippen molar-refractivity contribution in [2.75, 3.05) is 0 Å². The monoisotopic (exact) mass is 304 g/mol. The molecule has 1 aromatic heterocycles. The average molecular weight is 305 g/mol.